The number of benzene rings is 1. The molecule has 1 heterocycles. The van der Waals surface area contributed by atoms with Crippen LogP contribution in [0.1, 0.15) is 18.4 Å². The molecule has 0 atom stereocenters. The minimum atomic E-state index is -3.59. The summed E-state index contributed by atoms with van der Waals surface area (Å²) in [5.74, 6) is 0.254. The molecule has 100 valence electrons. The molecule has 0 spiro atoms. The van der Waals surface area contributed by atoms with Crippen LogP contribution in [0.4, 0.5) is 0 Å². The summed E-state index contributed by atoms with van der Waals surface area (Å²) in [7, 11) is -3.59. The molecule has 6 heteroatoms. The minimum absolute atomic E-state index is 0.115. The topological polar surface area (TPSA) is 81.4 Å². The molecule has 1 N–H and O–H groups in total. The summed E-state index contributed by atoms with van der Waals surface area (Å²) in [6.45, 7) is 0.327. The van der Waals surface area contributed by atoms with Gasteiger partial charge < -0.3 is 5.11 Å². The number of aliphatic hydroxyl groups is 1. The van der Waals surface area contributed by atoms with Gasteiger partial charge in [0.2, 0.25) is 10.0 Å². The Labute approximate surface area is 112 Å². The highest BCUT2D eigenvalue weighted by Crippen LogP contribution is 2.45. The number of nitriles is 1. The zero-order chi connectivity index (χ0) is 13.7. The van der Waals surface area contributed by atoms with Gasteiger partial charge >= 0.3 is 0 Å². The summed E-state index contributed by atoms with van der Waals surface area (Å²) >= 11 is 0. The quantitative estimate of drug-likeness (QED) is 0.882. The van der Waals surface area contributed by atoms with Crippen LogP contribution in [0.2, 0.25) is 0 Å². The average Bonchev–Trinajstić information content (AvgIpc) is 3.19. The second-order valence-electron chi connectivity index (χ2n) is 5.29. The molecule has 1 aliphatic heterocycles. The Morgan fingerprint density at radius 2 is 2.05 bits per heavy atom. The van der Waals surface area contributed by atoms with Gasteiger partial charge in [-0.05, 0) is 37.0 Å². The number of nitrogens with zero attached hydrogens (tertiary/aromatic N) is 2. The SMILES string of the molecule is N#Cc1cccc(S(=O)(=O)N2CC(O)(C3CC3)C2)c1. The van der Waals surface area contributed by atoms with E-state index in [0.717, 1.165) is 12.8 Å². The monoisotopic (exact) mass is 278 g/mol. The van der Waals surface area contributed by atoms with E-state index >= 15 is 0 Å². The summed E-state index contributed by atoms with van der Waals surface area (Å²) in [6.07, 6.45) is 1.96. The number of rotatable bonds is 3. The Morgan fingerprint density at radius 1 is 1.37 bits per heavy atom. The van der Waals surface area contributed by atoms with Gasteiger partial charge in [-0.3, -0.25) is 0 Å². The molecule has 0 bridgehead atoms. The van der Waals surface area contributed by atoms with Crippen LogP contribution in [0, 0.1) is 17.2 Å². The van der Waals surface area contributed by atoms with Crippen molar-refractivity contribution in [2.75, 3.05) is 13.1 Å². The van der Waals surface area contributed by atoms with Crippen molar-refractivity contribution in [3.63, 3.8) is 0 Å². The Morgan fingerprint density at radius 3 is 2.63 bits per heavy atom. The zero-order valence-corrected chi connectivity index (χ0v) is 11.1. The summed E-state index contributed by atoms with van der Waals surface area (Å²) in [5.41, 5.74) is -0.515. The van der Waals surface area contributed by atoms with Gasteiger partial charge in [0, 0.05) is 13.1 Å². The van der Waals surface area contributed by atoms with Crippen LogP contribution in [0.15, 0.2) is 29.2 Å². The van der Waals surface area contributed by atoms with Crippen molar-refractivity contribution in [1.82, 2.24) is 4.31 Å². The van der Waals surface area contributed by atoms with Crippen LogP contribution < -0.4 is 0 Å². The lowest BCUT2D eigenvalue weighted by Gasteiger charge is -2.45. The second kappa shape index (κ2) is 4.04. The number of β-amino-alcohol motifs (C(OH)–C–C–N with tert-alkyl or cyclic N) is 1. The van der Waals surface area contributed by atoms with Crippen molar-refractivity contribution in [1.29, 1.82) is 5.26 Å². The van der Waals surface area contributed by atoms with Gasteiger partial charge in [-0.25, -0.2) is 8.42 Å². The molecule has 0 aromatic heterocycles. The maximum atomic E-state index is 12.3. The van der Waals surface area contributed by atoms with E-state index in [1.54, 1.807) is 12.1 Å². The first-order valence-corrected chi connectivity index (χ1v) is 7.62. The van der Waals surface area contributed by atoms with Gasteiger partial charge in [-0.1, -0.05) is 6.07 Å². The molecule has 0 radical (unpaired) electrons. The van der Waals surface area contributed by atoms with Crippen molar-refractivity contribution < 1.29 is 13.5 Å². The third kappa shape index (κ3) is 2.04. The van der Waals surface area contributed by atoms with Crippen molar-refractivity contribution >= 4 is 10.0 Å². The third-order valence-corrected chi connectivity index (χ3v) is 5.63. The molecule has 0 unspecified atom stereocenters. The first-order chi connectivity index (χ1) is 8.95. The first kappa shape index (κ1) is 12.6. The molecule has 1 saturated heterocycles. The number of sulfonamides is 1. The standard InChI is InChI=1S/C13H14N2O3S/c14-7-10-2-1-3-12(6-10)19(17,18)15-8-13(16,9-15)11-4-5-11/h1-3,6,11,16H,4-5,8-9H2. The lowest BCUT2D eigenvalue weighted by atomic mass is 9.91. The maximum absolute atomic E-state index is 12.3. The van der Waals surface area contributed by atoms with Gasteiger partial charge in [0.05, 0.1) is 22.1 Å². The van der Waals surface area contributed by atoms with Crippen LogP contribution in [0.5, 0.6) is 0 Å². The van der Waals surface area contributed by atoms with E-state index in [1.165, 1.54) is 16.4 Å². The Bertz CT molecular complexity index is 653. The molecule has 5 nitrogen and oxygen atoms in total. The molecule has 2 fully saturated rings. The zero-order valence-electron chi connectivity index (χ0n) is 10.3. The van der Waals surface area contributed by atoms with Gasteiger partial charge in [-0.2, -0.15) is 9.57 Å². The number of hydrogen-bond donors (Lipinski definition) is 1. The molecule has 1 aliphatic carbocycles. The Kier molecular flexibility index (Phi) is 2.68. The van der Waals surface area contributed by atoms with Gasteiger partial charge in [0.15, 0.2) is 0 Å². The van der Waals surface area contributed by atoms with Gasteiger partial charge in [0.1, 0.15) is 0 Å². The Balaban J connectivity index is 1.82. The third-order valence-electron chi connectivity index (χ3n) is 3.84. The van der Waals surface area contributed by atoms with E-state index in [4.69, 9.17) is 5.26 Å². The fraction of sp³-hybridized carbons (Fsp3) is 0.462. The van der Waals surface area contributed by atoms with Gasteiger partial charge in [0.25, 0.3) is 0 Å². The Hall–Kier alpha value is -1.42. The minimum Gasteiger partial charge on any atom is -0.387 e. The normalized spacial score (nSPS) is 22.5. The van der Waals surface area contributed by atoms with Crippen molar-refractivity contribution in [2.24, 2.45) is 5.92 Å². The summed E-state index contributed by atoms with van der Waals surface area (Å²) in [5, 5.41) is 19.0. The van der Waals surface area contributed by atoms with Crippen molar-refractivity contribution in [2.45, 2.75) is 23.3 Å². The van der Waals surface area contributed by atoms with E-state index in [-0.39, 0.29) is 23.9 Å². The van der Waals surface area contributed by atoms with Crippen LogP contribution in [0.3, 0.4) is 0 Å². The molecule has 3 rings (SSSR count). The molecule has 19 heavy (non-hydrogen) atoms. The van der Waals surface area contributed by atoms with E-state index < -0.39 is 15.6 Å². The lowest BCUT2D eigenvalue weighted by molar-refractivity contribution is -0.0764. The first-order valence-electron chi connectivity index (χ1n) is 6.18. The fourth-order valence-corrected chi connectivity index (χ4v) is 4.10. The van der Waals surface area contributed by atoms with E-state index in [1.807, 2.05) is 6.07 Å². The van der Waals surface area contributed by atoms with E-state index in [0.29, 0.717) is 5.56 Å². The fourth-order valence-electron chi connectivity index (χ4n) is 2.49. The predicted octanol–water partition coefficient (Wildman–Crippen LogP) is 0.704. The molecular weight excluding hydrogens is 264 g/mol. The largest absolute Gasteiger partial charge is 0.387 e. The van der Waals surface area contributed by atoms with Crippen LogP contribution in [-0.2, 0) is 10.0 Å². The lowest BCUT2D eigenvalue weighted by Crippen LogP contribution is -2.64. The van der Waals surface area contributed by atoms with Crippen LogP contribution >= 0.6 is 0 Å². The predicted molar refractivity (Wildman–Crippen MR) is 67.6 cm³/mol. The maximum Gasteiger partial charge on any atom is 0.243 e. The average molecular weight is 278 g/mol. The molecule has 1 saturated carbocycles. The highest BCUT2D eigenvalue weighted by Gasteiger charge is 2.55. The van der Waals surface area contributed by atoms with E-state index in [9.17, 15) is 13.5 Å². The van der Waals surface area contributed by atoms with E-state index in [2.05, 4.69) is 0 Å². The van der Waals surface area contributed by atoms with Crippen molar-refractivity contribution in [3.8, 4) is 6.07 Å². The highest BCUT2D eigenvalue weighted by molar-refractivity contribution is 7.89. The molecule has 2 aliphatic rings. The van der Waals surface area contributed by atoms with Crippen LogP contribution in [-0.4, -0.2) is 36.5 Å². The highest BCUT2D eigenvalue weighted by atomic mass is 32.2. The molecular formula is C13H14N2O3S. The van der Waals surface area contributed by atoms with Crippen molar-refractivity contribution in [3.05, 3.63) is 29.8 Å². The molecule has 0 amide bonds. The molecule has 1 aromatic rings. The smallest absolute Gasteiger partial charge is 0.243 e. The molecule has 1 aromatic carbocycles. The summed E-state index contributed by atoms with van der Waals surface area (Å²) < 4.78 is 25.9. The van der Waals surface area contributed by atoms with Gasteiger partial charge in [-0.15, -0.1) is 0 Å². The van der Waals surface area contributed by atoms with Crippen LogP contribution in [0.25, 0.3) is 0 Å². The number of hydrogen-bond acceptors (Lipinski definition) is 4. The second-order valence-corrected chi connectivity index (χ2v) is 7.23. The summed E-state index contributed by atoms with van der Waals surface area (Å²) in [4.78, 5) is 0.115. The summed E-state index contributed by atoms with van der Waals surface area (Å²) in [6, 6.07) is 7.89.